The molecule has 2 aromatic rings. The molecule has 2 aromatic heterocycles. The van der Waals surface area contributed by atoms with Crippen molar-refractivity contribution in [2.45, 2.75) is 33.2 Å². The predicted octanol–water partition coefficient (Wildman–Crippen LogP) is 2.33. The molecule has 0 saturated heterocycles. The number of aliphatic carboxylic acids is 1. The molecule has 0 amide bonds. The third kappa shape index (κ3) is 2.41. The highest BCUT2D eigenvalue weighted by molar-refractivity contribution is 5.77. The van der Waals surface area contributed by atoms with E-state index in [2.05, 4.69) is 20.3 Å². The van der Waals surface area contributed by atoms with Crippen LogP contribution >= 0.6 is 0 Å². The van der Waals surface area contributed by atoms with E-state index in [1.54, 1.807) is 32.3 Å². The molecule has 0 saturated carbocycles. The number of carbonyl (C=O) groups is 1. The lowest BCUT2D eigenvalue weighted by molar-refractivity contribution is -0.149. The second-order valence-corrected chi connectivity index (χ2v) is 5.78. The fourth-order valence-electron chi connectivity index (χ4n) is 1.67. The van der Waals surface area contributed by atoms with Crippen LogP contribution in [0.3, 0.4) is 0 Å². The number of fused-ring (bicyclic) bond motifs is 1. The third-order valence-electron chi connectivity index (χ3n) is 3.87. The van der Waals surface area contributed by atoms with Gasteiger partial charge in [0.1, 0.15) is 11.3 Å². The quantitative estimate of drug-likeness (QED) is 0.889. The van der Waals surface area contributed by atoms with Gasteiger partial charge in [0.2, 0.25) is 0 Å². The van der Waals surface area contributed by atoms with Gasteiger partial charge in [-0.3, -0.25) is 9.78 Å². The maximum absolute atomic E-state index is 11.4. The van der Waals surface area contributed by atoms with Crippen LogP contribution in [0.4, 0.5) is 5.82 Å². The Kier molecular flexibility index (Phi) is 3.33. The average molecular weight is 274 g/mol. The molecule has 0 radical (unpaired) electrons. The highest BCUT2D eigenvalue weighted by atomic mass is 16.4. The van der Waals surface area contributed by atoms with Crippen LogP contribution in [0, 0.1) is 5.41 Å². The lowest BCUT2D eigenvalue weighted by Crippen LogP contribution is -2.50. The molecule has 6 nitrogen and oxygen atoms in total. The fraction of sp³-hybridized carbons (Fsp3) is 0.429. The van der Waals surface area contributed by atoms with Crippen molar-refractivity contribution in [1.82, 2.24) is 15.0 Å². The topological polar surface area (TPSA) is 88.0 Å². The Morgan fingerprint density at radius 3 is 2.45 bits per heavy atom. The molecule has 0 aliphatic carbocycles. The van der Waals surface area contributed by atoms with Crippen molar-refractivity contribution >= 4 is 23.0 Å². The van der Waals surface area contributed by atoms with Gasteiger partial charge < -0.3 is 10.4 Å². The van der Waals surface area contributed by atoms with Gasteiger partial charge in [0, 0.05) is 17.9 Å². The van der Waals surface area contributed by atoms with Crippen LogP contribution in [0.25, 0.3) is 11.2 Å². The largest absolute Gasteiger partial charge is 0.481 e. The van der Waals surface area contributed by atoms with Crippen molar-refractivity contribution in [2.75, 3.05) is 5.32 Å². The Balaban J connectivity index is 2.34. The highest BCUT2D eigenvalue weighted by Crippen LogP contribution is 2.33. The van der Waals surface area contributed by atoms with Gasteiger partial charge in [-0.25, -0.2) is 9.97 Å². The van der Waals surface area contributed by atoms with Gasteiger partial charge in [0.25, 0.3) is 0 Å². The molecule has 2 heterocycles. The Morgan fingerprint density at radius 1 is 1.15 bits per heavy atom. The number of pyridine rings is 1. The molecule has 0 aliphatic rings. The van der Waals surface area contributed by atoms with E-state index in [-0.39, 0.29) is 0 Å². The minimum Gasteiger partial charge on any atom is -0.481 e. The van der Waals surface area contributed by atoms with Crippen LogP contribution in [0.1, 0.15) is 27.7 Å². The number of rotatable bonds is 4. The molecule has 106 valence electrons. The summed E-state index contributed by atoms with van der Waals surface area (Å²) < 4.78 is 0. The van der Waals surface area contributed by atoms with Gasteiger partial charge in [-0.05, 0) is 39.8 Å². The average Bonchev–Trinajstić information content (AvgIpc) is 2.37. The van der Waals surface area contributed by atoms with E-state index in [1.807, 2.05) is 19.9 Å². The van der Waals surface area contributed by atoms with Crippen LogP contribution in [0.15, 0.2) is 24.5 Å². The van der Waals surface area contributed by atoms with Crippen LogP contribution < -0.4 is 5.32 Å². The molecule has 0 spiro atoms. The Labute approximate surface area is 117 Å². The van der Waals surface area contributed by atoms with Crippen molar-refractivity contribution in [3.05, 3.63) is 24.5 Å². The summed E-state index contributed by atoms with van der Waals surface area (Å²) in [7, 11) is 0. The number of nitrogens with zero attached hydrogens (tertiary/aromatic N) is 3. The van der Waals surface area contributed by atoms with Crippen molar-refractivity contribution in [3.8, 4) is 0 Å². The predicted molar refractivity (Wildman–Crippen MR) is 76.5 cm³/mol. The minimum absolute atomic E-state index is 0.529. The zero-order valence-corrected chi connectivity index (χ0v) is 12.0. The summed E-state index contributed by atoms with van der Waals surface area (Å²) in [6.07, 6.45) is 3.18. The first kappa shape index (κ1) is 14.2. The van der Waals surface area contributed by atoms with Gasteiger partial charge in [-0.15, -0.1) is 0 Å². The summed E-state index contributed by atoms with van der Waals surface area (Å²) in [4.78, 5) is 24.0. The van der Waals surface area contributed by atoms with Crippen LogP contribution in [0.2, 0.25) is 0 Å². The summed E-state index contributed by atoms with van der Waals surface area (Å²) in [5.74, 6) is -0.284. The van der Waals surface area contributed by atoms with Gasteiger partial charge in [-0.2, -0.15) is 0 Å². The lowest BCUT2D eigenvalue weighted by Gasteiger charge is -2.39. The second-order valence-electron chi connectivity index (χ2n) is 5.78. The molecule has 6 heteroatoms. The van der Waals surface area contributed by atoms with E-state index in [0.717, 1.165) is 0 Å². The molecule has 0 aromatic carbocycles. The summed E-state index contributed by atoms with van der Waals surface area (Å²) in [5, 5.41) is 12.5. The molecule has 2 rings (SSSR count). The summed E-state index contributed by atoms with van der Waals surface area (Å²) in [6.45, 7) is 7.04. The van der Waals surface area contributed by atoms with Crippen LogP contribution in [-0.2, 0) is 4.79 Å². The summed E-state index contributed by atoms with van der Waals surface area (Å²) in [6, 6.07) is 3.58. The standard InChI is InChI=1S/C14H18N4O2/c1-13(2,12(19)20)14(3,4)18-10-6-5-9-11(17-10)16-8-7-15-9/h5-8H,1-4H3,(H,19,20)(H,16,17,18). The third-order valence-corrected chi connectivity index (χ3v) is 3.87. The Bertz CT molecular complexity index is 652. The summed E-state index contributed by atoms with van der Waals surface area (Å²) >= 11 is 0. The Hall–Kier alpha value is -2.24. The van der Waals surface area contributed by atoms with Gasteiger partial charge in [-0.1, -0.05) is 0 Å². The number of nitrogens with one attached hydrogen (secondary N) is 1. The number of carboxylic acid groups (broad SMARTS) is 1. The Morgan fingerprint density at radius 2 is 1.80 bits per heavy atom. The molecule has 0 aliphatic heterocycles. The maximum atomic E-state index is 11.4. The van der Waals surface area contributed by atoms with Crippen LogP contribution in [-0.4, -0.2) is 31.6 Å². The maximum Gasteiger partial charge on any atom is 0.311 e. The number of carboxylic acids is 1. The van der Waals surface area contributed by atoms with E-state index >= 15 is 0 Å². The lowest BCUT2D eigenvalue weighted by atomic mass is 9.74. The van der Waals surface area contributed by atoms with Gasteiger partial charge in [0.15, 0.2) is 5.65 Å². The van der Waals surface area contributed by atoms with E-state index in [9.17, 15) is 9.90 Å². The number of hydrogen-bond acceptors (Lipinski definition) is 5. The van der Waals surface area contributed by atoms with E-state index in [4.69, 9.17) is 0 Å². The van der Waals surface area contributed by atoms with E-state index in [0.29, 0.717) is 17.0 Å². The number of anilines is 1. The highest BCUT2D eigenvalue weighted by Gasteiger charge is 2.43. The molecule has 0 fully saturated rings. The van der Waals surface area contributed by atoms with E-state index in [1.165, 1.54) is 0 Å². The zero-order valence-electron chi connectivity index (χ0n) is 12.0. The molecule has 0 atom stereocenters. The fourth-order valence-corrected chi connectivity index (χ4v) is 1.67. The van der Waals surface area contributed by atoms with Gasteiger partial charge >= 0.3 is 5.97 Å². The zero-order chi connectivity index (χ0) is 15.0. The van der Waals surface area contributed by atoms with Gasteiger partial charge in [0.05, 0.1) is 5.41 Å². The molecule has 0 bridgehead atoms. The SMILES string of the molecule is CC(C)(Nc1ccc2nccnc2n1)C(C)(C)C(=O)O. The molecule has 0 unspecified atom stereocenters. The van der Waals surface area contributed by atoms with Crippen molar-refractivity contribution in [3.63, 3.8) is 0 Å². The summed E-state index contributed by atoms with van der Waals surface area (Å²) in [5.41, 5.74) is -0.400. The number of hydrogen-bond donors (Lipinski definition) is 2. The normalized spacial score (nSPS) is 12.4. The monoisotopic (exact) mass is 274 g/mol. The molecular formula is C14H18N4O2. The first-order valence-electron chi connectivity index (χ1n) is 6.33. The first-order chi connectivity index (χ1) is 9.24. The molecule has 20 heavy (non-hydrogen) atoms. The molecule has 2 N–H and O–H groups in total. The van der Waals surface area contributed by atoms with Crippen LogP contribution in [0.5, 0.6) is 0 Å². The van der Waals surface area contributed by atoms with E-state index < -0.39 is 16.9 Å². The molecular weight excluding hydrogens is 256 g/mol. The smallest absolute Gasteiger partial charge is 0.311 e. The number of aromatic nitrogens is 3. The first-order valence-corrected chi connectivity index (χ1v) is 6.33. The minimum atomic E-state index is -0.952. The van der Waals surface area contributed by atoms with Crippen molar-refractivity contribution in [1.29, 1.82) is 0 Å². The van der Waals surface area contributed by atoms with Crippen molar-refractivity contribution in [2.24, 2.45) is 5.41 Å². The van der Waals surface area contributed by atoms with Crippen molar-refractivity contribution < 1.29 is 9.90 Å². The second kappa shape index (κ2) is 4.70.